The fraction of sp³-hybridized carbons (Fsp3) is 0.412. The molecule has 1 aromatic carbocycles. The lowest BCUT2D eigenvalue weighted by Crippen LogP contribution is -2.40. The van der Waals surface area contributed by atoms with Crippen molar-refractivity contribution in [2.45, 2.75) is 19.4 Å². The minimum atomic E-state index is -3.30. The van der Waals surface area contributed by atoms with Crippen molar-refractivity contribution in [2.24, 2.45) is 5.92 Å². The van der Waals surface area contributed by atoms with E-state index in [2.05, 4.69) is 10.4 Å². The van der Waals surface area contributed by atoms with E-state index in [1.807, 2.05) is 0 Å². The van der Waals surface area contributed by atoms with Crippen molar-refractivity contribution < 1.29 is 30.8 Å². The molecule has 12 heteroatoms. The van der Waals surface area contributed by atoms with Crippen LogP contribution >= 0.6 is 0 Å². The van der Waals surface area contributed by atoms with E-state index >= 15 is 0 Å². The highest BCUT2D eigenvalue weighted by Gasteiger charge is 2.29. The summed E-state index contributed by atoms with van der Waals surface area (Å²) in [6, 6.07) is 1.49. The monoisotopic (exact) mass is 434 g/mol. The van der Waals surface area contributed by atoms with Gasteiger partial charge in [-0.05, 0) is 12.8 Å². The maximum absolute atomic E-state index is 13.8. The summed E-state index contributed by atoms with van der Waals surface area (Å²) < 4.78 is 79.5. The van der Waals surface area contributed by atoms with Crippen molar-refractivity contribution >= 4 is 21.7 Å². The van der Waals surface area contributed by atoms with Crippen LogP contribution < -0.4 is 5.32 Å². The number of nitrogens with one attached hydrogen (secondary N) is 1. The molecule has 0 radical (unpaired) electrons. The molecule has 1 aliphatic heterocycles. The van der Waals surface area contributed by atoms with Gasteiger partial charge in [0.25, 0.3) is 0 Å². The first-order chi connectivity index (χ1) is 13.6. The average Bonchev–Trinajstić information content (AvgIpc) is 3.10. The van der Waals surface area contributed by atoms with Crippen LogP contribution in [0.5, 0.6) is 0 Å². The van der Waals surface area contributed by atoms with Gasteiger partial charge in [0.15, 0.2) is 29.1 Å². The Morgan fingerprint density at radius 2 is 1.76 bits per heavy atom. The number of carbonyl (C=O) groups is 1. The number of nitrogens with zero attached hydrogens (tertiary/aromatic N) is 3. The number of hydrogen-bond acceptors (Lipinski definition) is 4. The van der Waals surface area contributed by atoms with Gasteiger partial charge in [-0.2, -0.15) is 5.10 Å². The van der Waals surface area contributed by atoms with Crippen molar-refractivity contribution in [3.8, 4) is 0 Å². The Hall–Kier alpha value is -2.47. The highest BCUT2D eigenvalue weighted by molar-refractivity contribution is 7.88. The molecular weight excluding hydrogens is 416 g/mol. The summed E-state index contributed by atoms with van der Waals surface area (Å²) in [6.07, 6.45) is 3.09. The third-order valence-electron chi connectivity index (χ3n) is 4.71. The molecule has 1 fully saturated rings. The van der Waals surface area contributed by atoms with E-state index in [0.717, 1.165) is 10.9 Å². The van der Waals surface area contributed by atoms with E-state index in [9.17, 15) is 30.8 Å². The van der Waals surface area contributed by atoms with Crippen LogP contribution in [0, 0.1) is 29.2 Å². The van der Waals surface area contributed by atoms with Gasteiger partial charge < -0.3 is 5.32 Å². The summed E-state index contributed by atoms with van der Waals surface area (Å²) in [4.78, 5) is 12.3. The molecule has 0 aliphatic carbocycles. The maximum atomic E-state index is 13.8. The normalized spacial score (nSPS) is 16.2. The van der Waals surface area contributed by atoms with E-state index in [1.165, 1.54) is 16.6 Å². The van der Waals surface area contributed by atoms with Gasteiger partial charge in [0.1, 0.15) is 0 Å². The summed E-state index contributed by atoms with van der Waals surface area (Å²) in [7, 11) is -3.30. The molecule has 3 rings (SSSR count). The van der Waals surface area contributed by atoms with Crippen LogP contribution in [0.2, 0.25) is 0 Å². The Bertz CT molecular complexity index is 1010. The first-order valence-electron chi connectivity index (χ1n) is 8.67. The second-order valence-corrected chi connectivity index (χ2v) is 8.75. The molecular formula is C17H18F4N4O3S. The molecule has 7 nitrogen and oxygen atoms in total. The molecule has 1 amide bonds. The van der Waals surface area contributed by atoms with Gasteiger partial charge in [-0.3, -0.25) is 9.48 Å². The number of rotatable bonds is 5. The van der Waals surface area contributed by atoms with Gasteiger partial charge in [0.2, 0.25) is 15.9 Å². The predicted molar refractivity (Wildman–Crippen MR) is 95.4 cm³/mol. The summed E-state index contributed by atoms with van der Waals surface area (Å²) in [5.41, 5.74) is -0.823. The van der Waals surface area contributed by atoms with E-state index in [4.69, 9.17) is 0 Å². The second kappa shape index (κ2) is 8.11. The van der Waals surface area contributed by atoms with Crippen LogP contribution in [-0.4, -0.2) is 47.8 Å². The van der Waals surface area contributed by atoms with Crippen molar-refractivity contribution in [3.63, 3.8) is 0 Å². The van der Waals surface area contributed by atoms with Crippen molar-refractivity contribution in [1.29, 1.82) is 0 Å². The summed E-state index contributed by atoms with van der Waals surface area (Å²) in [6.45, 7) is -0.112. The number of amides is 1. The number of carbonyl (C=O) groups excluding carboxylic acids is 1. The summed E-state index contributed by atoms with van der Waals surface area (Å²) >= 11 is 0. The minimum Gasteiger partial charge on any atom is -0.309 e. The molecule has 29 heavy (non-hydrogen) atoms. The van der Waals surface area contributed by atoms with Crippen LogP contribution in [0.1, 0.15) is 18.4 Å². The number of aromatic nitrogens is 2. The summed E-state index contributed by atoms with van der Waals surface area (Å²) in [5.74, 6) is -6.73. The summed E-state index contributed by atoms with van der Waals surface area (Å²) in [5, 5.41) is 6.49. The Balaban J connectivity index is 1.64. The number of sulfonamides is 1. The van der Waals surface area contributed by atoms with Gasteiger partial charge in [-0.25, -0.2) is 30.3 Å². The van der Waals surface area contributed by atoms with E-state index in [0.29, 0.717) is 12.8 Å². The lowest BCUT2D eigenvalue weighted by atomic mass is 9.97. The molecule has 158 valence electrons. The fourth-order valence-electron chi connectivity index (χ4n) is 3.12. The number of hydrogen-bond donors (Lipinski definition) is 1. The molecule has 0 saturated carbocycles. The van der Waals surface area contributed by atoms with Gasteiger partial charge in [0, 0.05) is 37.3 Å². The van der Waals surface area contributed by atoms with Crippen LogP contribution in [0.4, 0.5) is 23.4 Å². The topological polar surface area (TPSA) is 84.3 Å². The molecule has 1 aromatic heterocycles. The molecule has 0 spiro atoms. The third kappa shape index (κ3) is 4.75. The Kier molecular flexibility index (Phi) is 5.94. The SMILES string of the molecule is CS(=O)(=O)N1CCC(C(=O)Nc2ccn(Cc3c(F)c(F)cc(F)c3F)n2)CC1. The number of benzene rings is 1. The lowest BCUT2D eigenvalue weighted by molar-refractivity contribution is -0.120. The van der Waals surface area contributed by atoms with Gasteiger partial charge >= 0.3 is 0 Å². The van der Waals surface area contributed by atoms with E-state index < -0.39 is 51.3 Å². The van der Waals surface area contributed by atoms with Gasteiger partial charge in [-0.1, -0.05) is 0 Å². The second-order valence-electron chi connectivity index (χ2n) is 6.77. The van der Waals surface area contributed by atoms with Crippen LogP contribution in [0.25, 0.3) is 0 Å². The smallest absolute Gasteiger partial charge is 0.228 e. The van der Waals surface area contributed by atoms with Crippen molar-refractivity contribution in [2.75, 3.05) is 24.7 Å². The molecule has 0 unspecified atom stereocenters. The van der Waals surface area contributed by atoms with E-state index in [-0.39, 0.29) is 30.9 Å². The molecule has 1 N–H and O–H groups in total. The zero-order chi connectivity index (χ0) is 21.3. The van der Waals surface area contributed by atoms with Crippen LogP contribution in [0.3, 0.4) is 0 Å². The standard InChI is InChI=1S/C17H18F4N4O3S/c1-29(27,28)25-6-2-10(3-7-25)17(26)22-14-4-5-24(23-14)9-11-15(20)12(18)8-13(19)16(11)21/h4-5,8,10H,2-3,6-7,9H2,1H3,(H,22,23,26). The average molecular weight is 434 g/mol. The van der Waals surface area contributed by atoms with Crippen molar-refractivity contribution in [3.05, 3.63) is 47.2 Å². The number of anilines is 1. The minimum absolute atomic E-state index is 0.0956. The van der Waals surface area contributed by atoms with Crippen LogP contribution in [0.15, 0.2) is 18.3 Å². The molecule has 1 aliphatic rings. The van der Waals surface area contributed by atoms with Crippen molar-refractivity contribution in [1.82, 2.24) is 14.1 Å². The number of piperidine rings is 1. The Morgan fingerprint density at radius 3 is 2.31 bits per heavy atom. The van der Waals surface area contributed by atoms with Gasteiger partial charge in [0.05, 0.1) is 18.4 Å². The lowest BCUT2D eigenvalue weighted by Gasteiger charge is -2.29. The largest absolute Gasteiger partial charge is 0.309 e. The molecule has 1 saturated heterocycles. The fourth-order valence-corrected chi connectivity index (χ4v) is 3.99. The predicted octanol–water partition coefficient (Wildman–Crippen LogP) is 2.10. The highest BCUT2D eigenvalue weighted by atomic mass is 32.2. The first-order valence-corrected chi connectivity index (χ1v) is 10.5. The van der Waals surface area contributed by atoms with E-state index in [1.54, 1.807) is 0 Å². The van der Waals surface area contributed by atoms with Crippen LogP contribution in [-0.2, 0) is 21.4 Å². The number of halogens is 4. The molecule has 0 atom stereocenters. The molecule has 0 bridgehead atoms. The molecule has 2 heterocycles. The maximum Gasteiger partial charge on any atom is 0.228 e. The zero-order valence-corrected chi connectivity index (χ0v) is 16.1. The Morgan fingerprint density at radius 1 is 1.17 bits per heavy atom. The quantitative estimate of drug-likeness (QED) is 0.577. The third-order valence-corrected chi connectivity index (χ3v) is 6.01. The zero-order valence-electron chi connectivity index (χ0n) is 15.3. The molecule has 2 aromatic rings. The Labute approximate surface area is 164 Å². The van der Waals surface area contributed by atoms with Gasteiger partial charge in [-0.15, -0.1) is 0 Å². The highest BCUT2D eigenvalue weighted by Crippen LogP contribution is 2.22. The first kappa shape index (κ1) is 21.2.